The number of esters is 1. The lowest BCUT2D eigenvalue weighted by Gasteiger charge is -2.30. The number of para-hydroxylation sites is 1. The lowest BCUT2D eigenvalue weighted by atomic mass is 10.0. The molecule has 10 heteroatoms. The van der Waals surface area contributed by atoms with E-state index in [4.69, 9.17) is 9.47 Å². The van der Waals surface area contributed by atoms with Crippen LogP contribution < -0.4 is 4.90 Å². The van der Waals surface area contributed by atoms with Crippen LogP contribution in [0.3, 0.4) is 0 Å². The van der Waals surface area contributed by atoms with Gasteiger partial charge in [0.1, 0.15) is 0 Å². The number of aromatic amines is 1. The summed E-state index contributed by atoms with van der Waals surface area (Å²) in [6, 6.07) is 11.8. The SMILES string of the molecule is Cc1[nH]c2ccccc2c1C(=O)C(C)OC(=O)c1cc(S(=O)(=O)N(C)C)ccc1N1CCOCC1. The summed E-state index contributed by atoms with van der Waals surface area (Å²) >= 11 is 0. The summed E-state index contributed by atoms with van der Waals surface area (Å²) in [6.07, 6.45) is -1.08. The maximum atomic E-state index is 13.3. The molecule has 1 aromatic heterocycles. The predicted molar refractivity (Wildman–Crippen MR) is 133 cm³/mol. The topological polar surface area (TPSA) is 109 Å². The van der Waals surface area contributed by atoms with Gasteiger partial charge in [0.15, 0.2) is 6.10 Å². The van der Waals surface area contributed by atoms with Gasteiger partial charge in [-0.3, -0.25) is 4.79 Å². The van der Waals surface area contributed by atoms with E-state index in [1.54, 1.807) is 13.0 Å². The number of ketones is 1. The first-order chi connectivity index (χ1) is 16.6. The number of hydrogen-bond donors (Lipinski definition) is 1. The van der Waals surface area contributed by atoms with Gasteiger partial charge in [0.05, 0.1) is 29.4 Å². The number of aryl methyl sites for hydroxylation is 1. The summed E-state index contributed by atoms with van der Waals surface area (Å²) in [5.41, 5.74) is 2.61. The summed E-state index contributed by atoms with van der Waals surface area (Å²) in [5, 5.41) is 0.756. The number of sulfonamides is 1. The highest BCUT2D eigenvalue weighted by atomic mass is 32.2. The van der Waals surface area contributed by atoms with E-state index in [1.807, 2.05) is 29.2 Å². The molecular weight excluding hydrogens is 470 g/mol. The van der Waals surface area contributed by atoms with Crippen LogP contribution >= 0.6 is 0 Å². The smallest absolute Gasteiger partial charge is 0.341 e. The second kappa shape index (κ2) is 9.80. The van der Waals surface area contributed by atoms with Crippen LogP contribution in [0.25, 0.3) is 10.9 Å². The zero-order valence-electron chi connectivity index (χ0n) is 20.2. The molecule has 1 atom stereocenters. The average molecular weight is 500 g/mol. The molecular formula is C25H29N3O6S. The number of fused-ring (bicyclic) bond motifs is 1. The first kappa shape index (κ1) is 24.9. The largest absolute Gasteiger partial charge is 0.451 e. The van der Waals surface area contributed by atoms with Crippen LogP contribution in [-0.2, 0) is 19.5 Å². The molecule has 0 spiro atoms. The maximum Gasteiger partial charge on any atom is 0.341 e. The highest BCUT2D eigenvalue weighted by Crippen LogP contribution is 2.28. The summed E-state index contributed by atoms with van der Waals surface area (Å²) < 4.78 is 37.6. The van der Waals surface area contributed by atoms with Crippen molar-refractivity contribution in [3.8, 4) is 0 Å². The second-order valence-corrected chi connectivity index (χ2v) is 10.8. The third-order valence-corrected chi connectivity index (χ3v) is 7.92. The molecule has 4 rings (SSSR count). The number of carbonyl (C=O) groups is 2. The number of rotatable bonds is 7. The number of anilines is 1. The normalized spacial score (nSPS) is 15.4. The molecule has 0 saturated carbocycles. The van der Waals surface area contributed by atoms with Crippen molar-refractivity contribution < 1.29 is 27.5 Å². The molecule has 0 aliphatic carbocycles. The van der Waals surface area contributed by atoms with Crippen molar-refractivity contribution in [3.63, 3.8) is 0 Å². The molecule has 0 bridgehead atoms. The van der Waals surface area contributed by atoms with Gasteiger partial charge >= 0.3 is 5.97 Å². The Balaban J connectivity index is 1.67. The molecule has 0 radical (unpaired) electrons. The lowest BCUT2D eigenvalue weighted by Crippen LogP contribution is -2.37. The van der Waals surface area contributed by atoms with E-state index in [9.17, 15) is 18.0 Å². The zero-order valence-corrected chi connectivity index (χ0v) is 21.0. The number of morpholine rings is 1. The van der Waals surface area contributed by atoms with Crippen molar-refractivity contribution >= 4 is 38.4 Å². The Labute approximate surface area is 204 Å². The molecule has 35 heavy (non-hydrogen) atoms. The standard InChI is InChI=1S/C25H29N3O6S/c1-16-23(19-7-5-6-8-21(19)26-16)24(29)17(2)34-25(30)20-15-18(35(31,32)27(3)4)9-10-22(20)28-11-13-33-14-12-28/h5-10,15,17,26H,11-14H2,1-4H3. The number of H-pyrrole nitrogens is 1. The lowest BCUT2D eigenvalue weighted by molar-refractivity contribution is 0.0319. The van der Waals surface area contributed by atoms with Gasteiger partial charge in [-0.15, -0.1) is 0 Å². The summed E-state index contributed by atoms with van der Waals surface area (Å²) in [6.45, 7) is 5.39. The van der Waals surface area contributed by atoms with Crippen LogP contribution in [0.4, 0.5) is 5.69 Å². The highest BCUT2D eigenvalue weighted by Gasteiger charge is 2.29. The molecule has 2 aromatic carbocycles. The number of aromatic nitrogens is 1. The van der Waals surface area contributed by atoms with Gasteiger partial charge in [-0.1, -0.05) is 18.2 Å². The van der Waals surface area contributed by atoms with Crippen LogP contribution in [0.5, 0.6) is 0 Å². The molecule has 1 fully saturated rings. The second-order valence-electron chi connectivity index (χ2n) is 8.65. The van der Waals surface area contributed by atoms with Crippen molar-refractivity contribution in [2.45, 2.75) is 24.8 Å². The Morgan fingerprint density at radius 3 is 2.49 bits per heavy atom. The number of carbonyl (C=O) groups excluding carboxylic acids is 2. The highest BCUT2D eigenvalue weighted by molar-refractivity contribution is 7.89. The summed E-state index contributed by atoms with van der Waals surface area (Å²) in [7, 11) is -0.931. The molecule has 1 unspecified atom stereocenters. The van der Waals surface area contributed by atoms with Gasteiger partial charge in [-0.05, 0) is 38.1 Å². The Hall–Kier alpha value is -3.21. The fourth-order valence-corrected chi connectivity index (χ4v) is 5.13. The van der Waals surface area contributed by atoms with Gasteiger partial charge in [-0.25, -0.2) is 17.5 Å². The molecule has 1 aliphatic rings. The van der Waals surface area contributed by atoms with Gasteiger partial charge in [0, 0.05) is 49.3 Å². The van der Waals surface area contributed by atoms with Crippen molar-refractivity contribution in [2.24, 2.45) is 0 Å². The molecule has 2 heterocycles. The first-order valence-corrected chi connectivity index (χ1v) is 12.8. The van der Waals surface area contributed by atoms with Gasteiger partial charge < -0.3 is 19.4 Å². The monoisotopic (exact) mass is 499 g/mol. The number of nitrogens with zero attached hydrogens (tertiary/aromatic N) is 2. The molecule has 1 aliphatic heterocycles. The fourth-order valence-electron chi connectivity index (χ4n) is 4.20. The molecule has 186 valence electrons. The Morgan fingerprint density at radius 1 is 1.11 bits per heavy atom. The van der Waals surface area contributed by atoms with Crippen molar-refractivity contribution in [1.29, 1.82) is 0 Å². The van der Waals surface area contributed by atoms with Crippen LogP contribution in [0.2, 0.25) is 0 Å². The molecule has 3 aromatic rings. The molecule has 1 saturated heterocycles. The van der Waals surface area contributed by atoms with Crippen LogP contribution in [0.1, 0.15) is 33.3 Å². The average Bonchev–Trinajstić information content (AvgIpc) is 3.19. The summed E-state index contributed by atoms with van der Waals surface area (Å²) in [5.74, 6) is -1.10. The number of benzene rings is 2. The van der Waals surface area contributed by atoms with Crippen molar-refractivity contribution in [3.05, 3.63) is 59.3 Å². The third-order valence-electron chi connectivity index (χ3n) is 6.11. The third kappa shape index (κ3) is 4.82. The minimum atomic E-state index is -3.78. The van der Waals surface area contributed by atoms with Crippen molar-refractivity contribution in [2.75, 3.05) is 45.3 Å². The maximum absolute atomic E-state index is 13.3. The Morgan fingerprint density at radius 2 is 1.80 bits per heavy atom. The Bertz CT molecular complexity index is 1370. The molecule has 0 amide bonds. The van der Waals surface area contributed by atoms with E-state index >= 15 is 0 Å². The molecule has 1 N–H and O–H groups in total. The number of hydrogen-bond acceptors (Lipinski definition) is 7. The first-order valence-electron chi connectivity index (χ1n) is 11.3. The van der Waals surface area contributed by atoms with E-state index < -0.39 is 22.1 Å². The molecule has 9 nitrogen and oxygen atoms in total. The summed E-state index contributed by atoms with van der Waals surface area (Å²) in [4.78, 5) is 31.7. The zero-order chi connectivity index (χ0) is 25.3. The minimum Gasteiger partial charge on any atom is -0.451 e. The Kier molecular flexibility index (Phi) is 6.98. The minimum absolute atomic E-state index is 0.0297. The number of nitrogens with one attached hydrogen (secondary N) is 1. The predicted octanol–water partition coefficient (Wildman–Crippen LogP) is 2.99. The van der Waals surface area contributed by atoms with Gasteiger partial charge in [0.2, 0.25) is 15.8 Å². The number of ether oxygens (including phenoxy) is 2. The van der Waals surface area contributed by atoms with Gasteiger partial charge in [-0.2, -0.15) is 0 Å². The van der Waals surface area contributed by atoms with E-state index in [-0.39, 0.29) is 16.2 Å². The van der Waals surface area contributed by atoms with Crippen LogP contribution in [-0.4, -0.2) is 76.0 Å². The van der Waals surface area contributed by atoms with Gasteiger partial charge in [0.25, 0.3) is 0 Å². The fraction of sp³-hybridized carbons (Fsp3) is 0.360. The number of Topliss-reactive ketones (excluding diaryl/α,β-unsaturated/α-hetero) is 1. The van der Waals surface area contributed by atoms with E-state index in [0.29, 0.717) is 43.2 Å². The van der Waals surface area contributed by atoms with Crippen molar-refractivity contribution in [1.82, 2.24) is 9.29 Å². The van der Waals surface area contributed by atoms with E-state index in [2.05, 4.69) is 4.98 Å². The van der Waals surface area contributed by atoms with E-state index in [0.717, 1.165) is 15.2 Å². The van der Waals surface area contributed by atoms with Crippen LogP contribution in [0.15, 0.2) is 47.4 Å². The van der Waals surface area contributed by atoms with Crippen LogP contribution in [0, 0.1) is 6.92 Å². The van der Waals surface area contributed by atoms with E-state index in [1.165, 1.54) is 33.2 Å². The quantitative estimate of drug-likeness (QED) is 0.393.